The van der Waals surface area contributed by atoms with Crippen molar-refractivity contribution < 1.29 is 12.8 Å². The molecule has 0 amide bonds. The molecule has 0 spiro atoms. The molecular formula is C12H8Br2ClFN2O2S. The molecule has 0 radical (unpaired) electrons. The first-order chi connectivity index (χ1) is 9.70. The Labute approximate surface area is 142 Å². The molecule has 0 heterocycles. The molecule has 2 aromatic rings. The molecule has 3 N–H and O–H groups in total. The number of nitrogen functional groups attached to an aromatic ring is 1. The minimum absolute atomic E-state index is 0.250. The Hall–Kier alpha value is -0.830. The lowest BCUT2D eigenvalue weighted by Crippen LogP contribution is -2.14. The van der Waals surface area contributed by atoms with Crippen LogP contribution in [0.15, 0.2) is 44.2 Å². The van der Waals surface area contributed by atoms with Crippen LogP contribution in [0.25, 0.3) is 0 Å². The Morgan fingerprint density at radius 2 is 1.86 bits per heavy atom. The molecule has 2 aromatic carbocycles. The van der Waals surface area contributed by atoms with Crippen LogP contribution in [0.5, 0.6) is 0 Å². The van der Waals surface area contributed by atoms with Crippen molar-refractivity contribution in [1.29, 1.82) is 0 Å². The minimum atomic E-state index is -4.00. The van der Waals surface area contributed by atoms with Crippen molar-refractivity contribution in [2.24, 2.45) is 0 Å². The van der Waals surface area contributed by atoms with Crippen LogP contribution in [0.4, 0.5) is 15.8 Å². The maximum Gasteiger partial charge on any atom is 0.263 e. The number of sulfonamides is 1. The molecule has 0 saturated heterocycles. The summed E-state index contributed by atoms with van der Waals surface area (Å²) in [6.45, 7) is 0. The molecule has 0 aromatic heterocycles. The van der Waals surface area contributed by atoms with Gasteiger partial charge in [-0.15, -0.1) is 0 Å². The summed E-state index contributed by atoms with van der Waals surface area (Å²) in [5.74, 6) is -0.775. The molecular weight excluding hydrogens is 450 g/mol. The summed E-state index contributed by atoms with van der Waals surface area (Å²) in [7, 11) is -4.00. The van der Waals surface area contributed by atoms with E-state index in [-0.39, 0.29) is 15.6 Å². The zero-order chi connectivity index (χ0) is 15.8. The predicted molar refractivity (Wildman–Crippen MR) is 88.5 cm³/mol. The highest BCUT2D eigenvalue weighted by atomic mass is 79.9. The smallest absolute Gasteiger partial charge is 0.263 e. The zero-order valence-corrected chi connectivity index (χ0v) is 14.9. The van der Waals surface area contributed by atoms with E-state index in [1.807, 2.05) is 0 Å². The lowest BCUT2D eigenvalue weighted by molar-refractivity contribution is 0.600. The number of nitrogens with one attached hydrogen (secondary N) is 1. The van der Waals surface area contributed by atoms with E-state index < -0.39 is 15.8 Å². The van der Waals surface area contributed by atoms with Crippen LogP contribution in [0, 0.1) is 5.82 Å². The zero-order valence-electron chi connectivity index (χ0n) is 10.2. The third-order valence-corrected chi connectivity index (χ3v) is 5.53. The van der Waals surface area contributed by atoms with Crippen LogP contribution in [-0.4, -0.2) is 8.42 Å². The molecule has 0 bridgehead atoms. The van der Waals surface area contributed by atoms with Gasteiger partial charge in [0.05, 0.1) is 16.4 Å². The van der Waals surface area contributed by atoms with Crippen LogP contribution in [0.2, 0.25) is 5.02 Å². The molecule has 0 unspecified atom stereocenters. The molecule has 2 rings (SSSR count). The number of rotatable bonds is 3. The van der Waals surface area contributed by atoms with Crippen molar-refractivity contribution in [2.45, 2.75) is 4.90 Å². The largest absolute Gasteiger partial charge is 0.396 e. The Morgan fingerprint density at radius 1 is 1.19 bits per heavy atom. The highest BCUT2D eigenvalue weighted by molar-refractivity contribution is 9.11. The highest BCUT2D eigenvalue weighted by Crippen LogP contribution is 2.31. The minimum Gasteiger partial charge on any atom is -0.396 e. The van der Waals surface area contributed by atoms with E-state index in [2.05, 4.69) is 36.6 Å². The van der Waals surface area contributed by atoms with Gasteiger partial charge in [0.2, 0.25) is 0 Å². The Bertz CT molecular complexity index is 815. The molecule has 0 aliphatic heterocycles. The van der Waals surface area contributed by atoms with E-state index >= 15 is 0 Å². The molecule has 0 saturated carbocycles. The molecule has 112 valence electrons. The van der Waals surface area contributed by atoms with Crippen LogP contribution < -0.4 is 10.5 Å². The average Bonchev–Trinajstić information content (AvgIpc) is 2.37. The Kier molecular flexibility index (Phi) is 4.82. The van der Waals surface area contributed by atoms with E-state index in [9.17, 15) is 12.8 Å². The molecule has 0 atom stereocenters. The lowest BCUT2D eigenvalue weighted by atomic mass is 10.3. The van der Waals surface area contributed by atoms with E-state index in [0.29, 0.717) is 14.6 Å². The van der Waals surface area contributed by atoms with Crippen LogP contribution in [0.1, 0.15) is 0 Å². The van der Waals surface area contributed by atoms with Gasteiger partial charge in [0.15, 0.2) is 0 Å². The second-order valence-corrected chi connectivity index (χ2v) is 7.86. The van der Waals surface area contributed by atoms with Gasteiger partial charge >= 0.3 is 0 Å². The fourth-order valence-electron chi connectivity index (χ4n) is 1.53. The fraction of sp³-hybridized carbons (Fsp3) is 0. The fourth-order valence-corrected chi connectivity index (χ4v) is 3.99. The summed E-state index contributed by atoms with van der Waals surface area (Å²) >= 11 is 12.3. The van der Waals surface area contributed by atoms with Crippen molar-refractivity contribution in [3.8, 4) is 0 Å². The van der Waals surface area contributed by atoms with E-state index in [0.717, 1.165) is 12.1 Å². The lowest BCUT2D eigenvalue weighted by Gasteiger charge is -2.12. The number of anilines is 2. The number of hydrogen-bond acceptors (Lipinski definition) is 3. The summed E-state index contributed by atoms with van der Waals surface area (Å²) in [5, 5.41) is -0.250. The second-order valence-electron chi connectivity index (χ2n) is 4.03. The van der Waals surface area contributed by atoms with Crippen molar-refractivity contribution in [3.63, 3.8) is 0 Å². The molecule has 21 heavy (non-hydrogen) atoms. The monoisotopic (exact) mass is 456 g/mol. The molecule has 9 heteroatoms. The molecule has 0 fully saturated rings. The summed E-state index contributed by atoms with van der Waals surface area (Å²) < 4.78 is 41.5. The first-order valence-corrected chi connectivity index (χ1v) is 8.88. The van der Waals surface area contributed by atoms with Gasteiger partial charge in [0.25, 0.3) is 10.0 Å². The van der Waals surface area contributed by atoms with Crippen LogP contribution in [-0.2, 0) is 10.0 Å². The SMILES string of the molecule is Nc1cc(S(=O)(=O)Nc2cc(Br)ccc2Br)c(Cl)cc1F. The second kappa shape index (κ2) is 6.12. The van der Waals surface area contributed by atoms with Gasteiger partial charge in [-0.3, -0.25) is 4.72 Å². The maximum absolute atomic E-state index is 13.3. The van der Waals surface area contributed by atoms with Gasteiger partial charge in [-0.25, -0.2) is 12.8 Å². The van der Waals surface area contributed by atoms with E-state index in [4.69, 9.17) is 17.3 Å². The van der Waals surface area contributed by atoms with Crippen LogP contribution >= 0.6 is 43.5 Å². The molecule has 0 aliphatic rings. The first-order valence-electron chi connectivity index (χ1n) is 5.43. The average molecular weight is 459 g/mol. The number of halogens is 4. The van der Waals surface area contributed by atoms with Gasteiger partial charge in [-0.05, 0) is 46.3 Å². The first kappa shape index (κ1) is 16.5. The van der Waals surface area contributed by atoms with Crippen molar-refractivity contribution in [3.05, 3.63) is 50.1 Å². The maximum atomic E-state index is 13.3. The van der Waals surface area contributed by atoms with Gasteiger partial charge < -0.3 is 5.73 Å². The van der Waals surface area contributed by atoms with Gasteiger partial charge in [-0.2, -0.15) is 0 Å². The predicted octanol–water partition coefficient (Wildman–Crippen LogP) is 4.39. The van der Waals surface area contributed by atoms with Gasteiger partial charge in [0, 0.05) is 8.95 Å². The summed E-state index contributed by atoms with van der Waals surface area (Å²) in [4.78, 5) is -0.296. The van der Waals surface area contributed by atoms with Crippen molar-refractivity contribution >= 4 is 64.9 Å². The summed E-state index contributed by atoms with van der Waals surface area (Å²) in [6, 6.07) is 6.82. The third kappa shape index (κ3) is 3.68. The number of nitrogens with two attached hydrogens (primary N) is 1. The van der Waals surface area contributed by atoms with Gasteiger partial charge in [0.1, 0.15) is 10.7 Å². The van der Waals surface area contributed by atoms with Crippen LogP contribution in [0.3, 0.4) is 0 Å². The molecule has 0 aliphatic carbocycles. The van der Waals surface area contributed by atoms with Crippen molar-refractivity contribution in [1.82, 2.24) is 0 Å². The Morgan fingerprint density at radius 3 is 2.52 bits per heavy atom. The van der Waals surface area contributed by atoms with Gasteiger partial charge in [-0.1, -0.05) is 27.5 Å². The van der Waals surface area contributed by atoms with Crippen molar-refractivity contribution in [2.75, 3.05) is 10.5 Å². The standard InChI is InChI=1S/C12H8Br2ClFN2O2S/c13-6-1-2-7(14)11(3-6)18-21(19,20)12-5-10(17)9(16)4-8(12)15/h1-5,18H,17H2. The number of hydrogen-bond donors (Lipinski definition) is 2. The Balaban J connectivity index is 2.48. The van der Waals surface area contributed by atoms with E-state index in [1.165, 1.54) is 0 Å². The normalized spacial score (nSPS) is 11.4. The number of benzene rings is 2. The summed E-state index contributed by atoms with van der Waals surface area (Å²) in [5.41, 5.74) is 5.40. The highest BCUT2D eigenvalue weighted by Gasteiger charge is 2.21. The topological polar surface area (TPSA) is 72.2 Å². The molecule has 4 nitrogen and oxygen atoms in total. The third-order valence-electron chi connectivity index (χ3n) is 2.51. The quantitative estimate of drug-likeness (QED) is 0.671. The van der Waals surface area contributed by atoms with E-state index in [1.54, 1.807) is 18.2 Å². The summed E-state index contributed by atoms with van der Waals surface area (Å²) in [6.07, 6.45) is 0.